The number of thiol groups is 1. The van der Waals surface area contributed by atoms with E-state index in [0.29, 0.717) is 18.4 Å². The molecule has 92 heavy (non-hydrogen) atoms. The molecular formula is C57H95N17O17S. The van der Waals surface area contributed by atoms with Crippen LogP contribution >= 0.6 is 12.6 Å². The third-order valence-electron chi connectivity index (χ3n) is 13.9. The minimum atomic E-state index is -1.86. The quantitative estimate of drug-likeness (QED) is 0.0126. The highest BCUT2D eigenvalue weighted by molar-refractivity contribution is 7.80. The molecule has 0 fully saturated rings. The Kier molecular flexibility index (Phi) is 36.6. The van der Waals surface area contributed by atoms with Gasteiger partial charge in [-0.25, -0.2) is 4.79 Å². The van der Waals surface area contributed by atoms with Gasteiger partial charge in [0.15, 0.2) is 5.96 Å². The van der Waals surface area contributed by atoms with E-state index >= 15 is 0 Å². The van der Waals surface area contributed by atoms with Crippen LogP contribution in [0.25, 0.3) is 0 Å². The molecule has 1 aromatic carbocycles. The number of aliphatic imine (C=N–C) groups is 1. The first-order valence-corrected chi connectivity index (χ1v) is 30.6. The van der Waals surface area contributed by atoms with E-state index < -0.39 is 199 Å². The van der Waals surface area contributed by atoms with Gasteiger partial charge in [0.1, 0.15) is 66.2 Å². The van der Waals surface area contributed by atoms with Crippen LogP contribution in [0.5, 0.6) is 5.75 Å². The van der Waals surface area contributed by atoms with Gasteiger partial charge < -0.3 is 103 Å². The number of nitrogens with one attached hydrogen (secondary N) is 10. The van der Waals surface area contributed by atoms with E-state index in [4.69, 9.17) is 34.4 Å². The molecule has 1 rings (SSSR count). The number of primary amides is 2. The van der Waals surface area contributed by atoms with Crippen molar-refractivity contribution in [2.75, 3.05) is 18.8 Å². The SMILES string of the molecule is CC(C)C[C@H](N)C(=O)N[C@@H](CCCCN)C(=O)N[C@@H](CCC(N)=O)C(=O)N[C@@H](CCC(=O)O)C(=O)N[C@H](C(=O)N[C@@H](CC(N)=O)C(=O)N[C@@H](CS)C(=O)N[C@@H](C)C(=O)N[C@@H](Cc1ccc(O)cc1)C(=O)N[C@H](C(=O)N[C@@H](CCCN=C(N)N)C(=O)O)C(C)C)C(C)C. The van der Waals surface area contributed by atoms with Gasteiger partial charge in [0.2, 0.25) is 70.9 Å². The van der Waals surface area contributed by atoms with Crippen LogP contribution in [0.1, 0.15) is 125 Å². The lowest BCUT2D eigenvalue weighted by Gasteiger charge is -2.29. The molecule has 0 unspecified atom stereocenters. The zero-order valence-electron chi connectivity index (χ0n) is 52.9. The molecule has 516 valence electrons. The number of carboxylic acid groups (broad SMARTS) is 2. The molecule has 0 bridgehead atoms. The number of aromatic hydroxyl groups is 1. The van der Waals surface area contributed by atoms with Crippen molar-refractivity contribution in [2.45, 2.75) is 192 Å². The van der Waals surface area contributed by atoms with E-state index in [9.17, 15) is 82.4 Å². The van der Waals surface area contributed by atoms with Crippen LogP contribution in [0.4, 0.5) is 0 Å². The number of hydrogen-bond donors (Lipinski definition) is 20. The Morgan fingerprint density at radius 1 is 0.489 bits per heavy atom. The number of guanidine groups is 1. The minimum absolute atomic E-state index is 0.0211. The molecule has 0 aliphatic heterocycles. The van der Waals surface area contributed by atoms with Crippen molar-refractivity contribution in [3.63, 3.8) is 0 Å². The molecule has 0 saturated heterocycles. The summed E-state index contributed by atoms with van der Waals surface area (Å²) in [6.45, 7) is 11.3. The second-order valence-electron chi connectivity index (χ2n) is 23.1. The summed E-state index contributed by atoms with van der Waals surface area (Å²) in [5.41, 5.74) is 33.6. The second kappa shape index (κ2) is 41.5. The molecule has 34 nitrogen and oxygen atoms in total. The van der Waals surface area contributed by atoms with Crippen LogP contribution in [0.2, 0.25) is 0 Å². The van der Waals surface area contributed by atoms with Crippen molar-refractivity contribution in [3.8, 4) is 5.75 Å². The highest BCUT2D eigenvalue weighted by Crippen LogP contribution is 2.15. The van der Waals surface area contributed by atoms with E-state index in [-0.39, 0.29) is 62.8 Å². The second-order valence-corrected chi connectivity index (χ2v) is 23.5. The number of amides is 12. The molecular weight excluding hydrogens is 1230 g/mol. The van der Waals surface area contributed by atoms with Gasteiger partial charge in [0, 0.05) is 31.6 Å². The number of carboxylic acids is 2. The summed E-state index contributed by atoms with van der Waals surface area (Å²) in [6.07, 6.45) is -2.11. The zero-order chi connectivity index (χ0) is 70.1. The monoisotopic (exact) mass is 1320 g/mol. The van der Waals surface area contributed by atoms with Gasteiger partial charge in [0.05, 0.1) is 12.5 Å². The van der Waals surface area contributed by atoms with Gasteiger partial charge in [-0.15, -0.1) is 0 Å². The molecule has 0 spiro atoms. The number of unbranched alkanes of at least 4 members (excludes halogenated alkanes) is 1. The lowest BCUT2D eigenvalue weighted by molar-refractivity contribution is -0.143. The van der Waals surface area contributed by atoms with Gasteiger partial charge >= 0.3 is 11.9 Å². The van der Waals surface area contributed by atoms with Crippen molar-refractivity contribution < 1.29 is 82.4 Å². The summed E-state index contributed by atoms with van der Waals surface area (Å²) in [5.74, 6) is -16.9. The van der Waals surface area contributed by atoms with Crippen molar-refractivity contribution in [1.29, 1.82) is 0 Å². The van der Waals surface area contributed by atoms with Crippen LogP contribution < -0.4 is 87.6 Å². The van der Waals surface area contributed by atoms with Gasteiger partial charge in [-0.05, 0) is 100 Å². The Hall–Kier alpha value is -8.86. The molecule has 0 aliphatic carbocycles. The Morgan fingerprint density at radius 3 is 1.39 bits per heavy atom. The third-order valence-corrected chi connectivity index (χ3v) is 14.3. The molecule has 0 radical (unpaired) electrons. The lowest BCUT2D eigenvalue weighted by atomic mass is 10.00. The van der Waals surface area contributed by atoms with E-state index in [1.54, 1.807) is 13.8 Å². The molecule has 0 heterocycles. The molecule has 35 heteroatoms. The normalized spacial score (nSPS) is 14.7. The largest absolute Gasteiger partial charge is 0.508 e. The van der Waals surface area contributed by atoms with E-state index in [0.717, 1.165) is 0 Å². The molecule has 0 aromatic heterocycles. The molecule has 0 aliphatic rings. The third kappa shape index (κ3) is 31.2. The van der Waals surface area contributed by atoms with Crippen molar-refractivity contribution in [1.82, 2.24) is 53.2 Å². The Bertz CT molecular complexity index is 2730. The molecule has 1 aromatic rings. The molecule has 11 atom stereocenters. The lowest BCUT2D eigenvalue weighted by Crippen LogP contribution is -2.61. The maximum atomic E-state index is 14.1. The summed E-state index contributed by atoms with van der Waals surface area (Å²) in [4.78, 5) is 190. The van der Waals surface area contributed by atoms with Crippen LogP contribution in [-0.2, 0) is 73.5 Å². The predicted molar refractivity (Wildman–Crippen MR) is 337 cm³/mol. The van der Waals surface area contributed by atoms with Gasteiger partial charge in [-0.2, -0.15) is 12.6 Å². The fourth-order valence-electron chi connectivity index (χ4n) is 8.78. The average Bonchev–Trinajstić information content (AvgIpc) is 0.987. The standard InChI is InChI=1S/C57H95N17O17S/c1-27(2)23-33(59)47(81)66-34(11-8-9-21-58)48(82)67-35(17-19-41(60)76)49(83)68-36(18-20-43(78)79)50(84)73-45(29(5)6)55(89)71-39(25-42(61)77)51(85)72-40(26-92)53(87)65-30(7)46(80)70-38(24-31-13-15-32(75)16-14-31)52(86)74-44(28(3)4)54(88)69-37(56(90)91)12-10-22-64-57(62)63/h13-16,27-30,33-40,44-45,75,92H,8-12,17-26,58-59H2,1-7H3,(H2,60,76)(H2,61,77)(H,65,87)(H,66,81)(H,67,82)(H,68,83)(H,69,88)(H,70,80)(H,71,89)(H,72,85)(H,73,84)(H,74,86)(H,78,79)(H,90,91)(H4,62,63,64)/t30-,33-,34-,35-,36-,37-,38-,39-,40-,44-,45-/m0/s1. The highest BCUT2D eigenvalue weighted by Gasteiger charge is 2.37. The summed E-state index contributed by atoms with van der Waals surface area (Å²) >= 11 is 4.17. The summed E-state index contributed by atoms with van der Waals surface area (Å²) in [7, 11) is 0. The van der Waals surface area contributed by atoms with Crippen LogP contribution in [0, 0.1) is 17.8 Å². The summed E-state index contributed by atoms with van der Waals surface area (Å²) in [6, 6.07) is -10.9. The summed E-state index contributed by atoms with van der Waals surface area (Å²) in [5, 5.41) is 53.6. The fraction of sp³-hybridized carbons (Fsp3) is 0.632. The van der Waals surface area contributed by atoms with Crippen molar-refractivity contribution in [3.05, 3.63) is 29.8 Å². The first-order valence-electron chi connectivity index (χ1n) is 30.0. The van der Waals surface area contributed by atoms with E-state index in [1.165, 1.54) is 45.0 Å². The van der Waals surface area contributed by atoms with Crippen molar-refractivity contribution in [2.24, 2.45) is 57.1 Å². The van der Waals surface area contributed by atoms with E-state index in [1.807, 2.05) is 13.8 Å². The Morgan fingerprint density at radius 2 is 0.924 bits per heavy atom. The number of nitrogens with two attached hydrogens (primary N) is 6. The highest BCUT2D eigenvalue weighted by atomic mass is 32.1. The van der Waals surface area contributed by atoms with E-state index in [2.05, 4.69) is 70.8 Å². The predicted octanol–water partition coefficient (Wildman–Crippen LogP) is -5.31. The smallest absolute Gasteiger partial charge is 0.326 e. The van der Waals surface area contributed by atoms with Crippen molar-refractivity contribution >= 4 is 101 Å². The number of benzene rings is 1. The first-order chi connectivity index (χ1) is 43.0. The maximum absolute atomic E-state index is 14.1. The number of phenols is 1. The van der Waals surface area contributed by atoms with Crippen LogP contribution in [-0.4, -0.2) is 189 Å². The maximum Gasteiger partial charge on any atom is 0.326 e. The Labute approximate surface area is 538 Å². The van der Waals surface area contributed by atoms with Crippen LogP contribution in [0.3, 0.4) is 0 Å². The van der Waals surface area contributed by atoms with Gasteiger partial charge in [0.25, 0.3) is 0 Å². The molecule has 25 N–H and O–H groups in total. The number of nitrogens with zero attached hydrogens (tertiary/aromatic N) is 1. The number of rotatable bonds is 44. The van der Waals surface area contributed by atoms with Gasteiger partial charge in [-0.3, -0.25) is 67.3 Å². The number of phenolic OH excluding ortho intramolecular Hbond substituents is 1. The van der Waals surface area contributed by atoms with Crippen LogP contribution in [0.15, 0.2) is 29.3 Å². The number of carbonyl (C=O) groups excluding carboxylic acids is 12. The number of hydrogen-bond acceptors (Lipinski definition) is 19. The summed E-state index contributed by atoms with van der Waals surface area (Å²) < 4.78 is 0. The van der Waals surface area contributed by atoms with Gasteiger partial charge in [-0.1, -0.05) is 53.7 Å². The number of aliphatic carboxylic acids is 2. The number of carbonyl (C=O) groups is 14. The Balaban J connectivity index is 3.43. The average molecular weight is 1320 g/mol. The minimum Gasteiger partial charge on any atom is -0.508 e. The molecule has 0 saturated carbocycles. The first kappa shape index (κ1) is 81.2. The topological polar surface area (TPSA) is 588 Å². The zero-order valence-corrected chi connectivity index (χ0v) is 53.8. The molecule has 12 amide bonds. The fourth-order valence-corrected chi connectivity index (χ4v) is 9.04.